The van der Waals surface area contributed by atoms with Crippen molar-refractivity contribution in [3.05, 3.63) is 53.1 Å². The molecule has 2 aliphatic rings. The summed E-state index contributed by atoms with van der Waals surface area (Å²) in [5.41, 5.74) is 1.80. The van der Waals surface area contributed by atoms with E-state index in [1.54, 1.807) is 29.0 Å². The number of alkyl halides is 3. The van der Waals surface area contributed by atoms with E-state index in [1.807, 2.05) is 11.6 Å². The number of nitrogens with zero attached hydrogens (tertiary/aromatic N) is 10. The van der Waals surface area contributed by atoms with Gasteiger partial charge in [0.1, 0.15) is 40.5 Å². The fraction of sp³-hybridized carbons (Fsp3) is 0.429. The molecule has 0 amide bonds. The maximum absolute atomic E-state index is 13.7. The van der Waals surface area contributed by atoms with Gasteiger partial charge >= 0.3 is 6.18 Å². The number of piperidine rings is 1. The Morgan fingerprint density at radius 3 is 2.53 bits per heavy atom. The zero-order valence-corrected chi connectivity index (χ0v) is 23.3. The van der Waals surface area contributed by atoms with Crippen molar-refractivity contribution in [1.29, 1.82) is 10.5 Å². The molecule has 1 atom stereocenters. The fourth-order valence-corrected chi connectivity index (χ4v) is 5.63. The van der Waals surface area contributed by atoms with Crippen LogP contribution < -0.4 is 9.64 Å². The number of nitriles is 2. The van der Waals surface area contributed by atoms with Crippen molar-refractivity contribution >= 4 is 11.3 Å². The van der Waals surface area contributed by atoms with Crippen LogP contribution in [-0.2, 0) is 6.18 Å². The summed E-state index contributed by atoms with van der Waals surface area (Å²) in [5, 5.41) is 41.8. The SMILES string of the molecule is Cc1c(-c2cc(OC(C)c3cc(C(F)(F)F)cnc3N3CC(O)C3)c3c(C#N)cnn3c2)nnn1C1CCN(C#N)CC1. The van der Waals surface area contributed by atoms with E-state index < -0.39 is 23.9 Å². The van der Waals surface area contributed by atoms with Gasteiger partial charge in [0.15, 0.2) is 6.19 Å². The molecule has 43 heavy (non-hydrogen) atoms. The Labute approximate surface area is 244 Å². The van der Waals surface area contributed by atoms with Crippen LogP contribution in [0.25, 0.3) is 16.8 Å². The highest BCUT2D eigenvalue weighted by Crippen LogP contribution is 2.39. The van der Waals surface area contributed by atoms with Crippen molar-refractivity contribution in [2.45, 2.75) is 51.1 Å². The van der Waals surface area contributed by atoms with Crippen LogP contribution >= 0.6 is 0 Å². The lowest BCUT2D eigenvalue weighted by Crippen LogP contribution is -2.51. The zero-order chi connectivity index (χ0) is 30.5. The Bertz CT molecular complexity index is 1760. The van der Waals surface area contributed by atoms with E-state index in [4.69, 9.17) is 4.74 Å². The number of rotatable bonds is 6. The van der Waals surface area contributed by atoms with Crippen LogP contribution in [0.2, 0.25) is 0 Å². The van der Waals surface area contributed by atoms with Crippen LogP contribution in [0.15, 0.2) is 30.7 Å². The molecule has 15 heteroatoms. The normalized spacial score (nSPS) is 17.0. The number of aliphatic hydroxyl groups excluding tert-OH is 1. The number of pyridine rings is 2. The van der Waals surface area contributed by atoms with Crippen LogP contribution in [0.4, 0.5) is 19.0 Å². The Balaban J connectivity index is 1.38. The first-order chi connectivity index (χ1) is 20.6. The standard InChI is InChI=1S/C28H27F3N10O2/c1-16-25(36-37-41(16)21-3-5-38(15-33)6-4-21)18-7-24(26-19(9-32)10-35-40(26)12-18)43-17(2)23-8-20(28(29,30)31)11-34-27(23)39-13-22(42)14-39/h7-8,10-12,17,21-22,42H,3-6,13-14H2,1-2H3. The number of likely N-dealkylation sites (tertiary alicyclic amines) is 1. The molecule has 0 saturated carbocycles. The minimum Gasteiger partial charge on any atom is -0.484 e. The number of hydrogen-bond acceptors (Lipinski definition) is 10. The smallest absolute Gasteiger partial charge is 0.417 e. The largest absolute Gasteiger partial charge is 0.484 e. The van der Waals surface area contributed by atoms with Crippen LogP contribution in [0, 0.1) is 29.7 Å². The Morgan fingerprint density at radius 1 is 1.14 bits per heavy atom. The van der Waals surface area contributed by atoms with Crippen LogP contribution in [0.3, 0.4) is 0 Å². The number of β-amino-alcohol motifs (C(OH)–C–C–N with tert-alkyl or cyclic N) is 1. The van der Waals surface area contributed by atoms with E-state index in [-0.39, 0.29) is 41.8 Å². The monoisotopic (exact) mass is 592 g/mol. The zero-order valence-electron chi connectivity index (χ0n) is 23.3. The van der Waals surface area contributed by atoms with Gasteiger partial charge in [-0.1, -0.05) is 5.21 Å². The summed E-state index contributed by atoms with van der Waals surface area (Å²) in [5.74, 6) is 0.510. The second-order valence-corrected chi connectivity index (χ2v) is 10.8. The van der Waals surface area contributed by atoms with Gasteiger partial charge in [-0.15, -0.1) is 5.10 Å². The number of anilines is 1. The first-order valence-electron chi connectivity index (χ1n) is 13.7. The highest BCUT2D eigenvalue weighted by molar-refractivity contribution is 5.75. The molecule has 2 aliphatic heterocycles. The second-order valence-electron chi connectivity index (χ2n) is 10.8. The molecule has 4 aromatic heterocycles. The van der Waals surface area contributed by atoms with E-state index in [1.165, 1.54) is 10.7 Å². The third kappa shape index (κ3) is 5.17. The van der Waals surface area contributed by atoms with Crippen molar-refractivity contribution in [2.75, 3.05) is 31.1 Å². The summed E-state index contributed by atoms with van der Waals surface area (Å²) in [6, 6.07) is 4.86. The third-order valence-electron chi connectivity index (χ3n) is 7.98. The minimum atomic E-state index is -4.62. The lowest BCUT2D eigenvalue weighted by molar-refractivity contribution is -0.137. The van der Waals surface area contributed by atoms with Gasteiger partial charge in [-0.25, -0.2) is 14.2 Å². The van der Waals surface area contributed by atoms with Crippen molar-refractivity contribution in [3.8, 4) is 29.3 Å². The number of ether oxygens (including phenoxy) is 1. The molecule has 12 nitrogen and oxygen atoms in total. The summed E-state index contributed by atoms with van der Waals surface area (Å²) in [7, 11) is 0. The van der Waals surface area contributed by atoms with Gasteiger partial charge in [0.25, 0.3) is 0 Å². The minimum absolute atomic E-state index is 0.0760. The maximum Gasteiger partial charge on any atom is 0.417 e. The molecule has 0 aromatic carbocycles. The van der Waals surface area contributed by atoms with E-state index >= 15 is 0 Å². The number of aliphatic hydroxyl groups is 1. The first-order valence-corrected chi connectivity index (χ1v) is 13.7. The molecule has 0 spiro atoms. The molecule has 2 saturated heterocycles. The van der Waals surface area contributed by atoms with Crippen molar-refractivity contribution in [2.24, 2.45) is 0 Å². The maximum atomic E-state index is 13.7. The van der Waals surface area contributed by atoms with Crippen LogP contribution in [0.1, 0.15) is 54.3 Å². The molecule has 6 rings (SSSR count). The Hall–Kier alpha value is -4.89. The van der Waals surface area contributed by atoms with Gasteiger partial charge in [-0.2, -0.15) is 28.8 Å². The average Bonchev–Trinajstić information content (AvgIpc) is 3.58. The average molecular weight is 593 g/mol. The molecule has 2 fully saturated rings. The fourth-order valence-electron chi connectivity index (χ4n) is 5.63. The molecule has 1 N–H and O–H groups in total. The summed E-state index contributed by atoms with van der Waals surface area (Å²) >= 11 is 0. The third-order valence-corrected chi connectivity index (χ3v) is 7.98. The summed E-state index contributed by atoms with van der Waals surface area (Å²) in [4.78, 5) is 7.49. The lowest BCUT2D eigenvalue weighted by Gasteiger charge is -2.38. The van der Waals surface area contributed by atoms with Gasteiger partial charge in [0.05, 0.1) is 29.6 Å². The molecule has 6 heterocycles. The number of aromatic nitrogens is 6. The highest BCUT2D eigenvalue weighted by atomic mass is 19.4. The molecule has 4 aromatic rings. The van der Waals surface area contributed by atoms with E-state index in [0.717, 1.165) is 30.8 Å². The number of fused-ring (bicyclic) bond motifs is 1. The molecule has 0 radical (unpaired) electrons. The van der Waals surface area contributed by atoms with Gasteiger partial charge < -0.3 is 19.6 Å². The van der Waals surface area contributed by atoms with E-state index in [0.29, 0.717) is 29.9 Å². The molecule has 0 aliphatic carbocycles. The Morgan fingerprint density at radius 2 is 1.88 bits per heavy atom. The van der Waals surface area contributed by atoms with E-state index in [9.17, 15) is 28.8 Å². The van der Waals surface area contributed by atoms with Crippen LogP contribution in [0.5, 0.6) is 5.75 Å². The first kappa shape index (κ1) is 28.2. The number of hydrogen-bond donors (Lipinski definition) is 1. The summed E-state index contributed by atoms with van der Waals surface area (Å²) < 4.78 is 50.6. The van der Waals surface area contributed by atoms with Crippen LogP contribution in [-0.4, -0.2) is 71.9 Å². The predicted molar refractivity (Wildman–Crippen MR) is 146 cm³/mol. The van der Waals surface area contributed by atoms with Gasteiger partial charge in [-0.3, -0.25) is 0 Å². The van der Waals surface area contributed by atoms with Crippen molar-refractivity contribution < 1.29 is 23.0 Å². The summed E-state index contributed by atoms with van der Waals surface area (Å²) in [6.45, 7) is 5.24. The molecular weight excluding hydrogens is 565 g/mol. The quantitative estimate of drug-likeness (QED) is 0.330. The number of halogens is 3. The molecular formula is C28H27F3N10O2. The van der Waals surface area contributed by atoms with Crippen molar-refractivity contribution in [3.63, 3.8) is 0 Å². The van der Waals surface area contributed by atoms with Crippen molar-refractivity contribution in [1.82, 2.24) is 34.5 Å². The van der Waals surface area contributed by atoms with Gasteiger partial charge in [-0.05, 0) is 38.8 Å². The second kappa shape index (κ2) is 10.7. The molecule has 222 valence electrons. The topological polar surface area (TPSA) is 144 Å². The summed E-state index contributed by atoms with van der Waals surface area (Å²) in [6.07, 6.45) is 1.40. The molecule has 0 bridgehead atoms. The van der Waals surface area contributed by atoms with Gasteiger partial charge in [0.2, 0.25) is 0 Å². The molecule has 1 unspecified atom stereocenters. The van der Waals surface area contributed by atoms with E-state index in [2.05, 4.69) is 32.7 Å². The lowest BCUT2D eigenvalue weighted by atomic mass is 10.0. The Kier molecular flexibility index (Phi) is 7.06. The highest BCUT2D eigenvalue weighted by Gasteiger charge is 2.35. The van der Waals surface area contributed by atoms with Gasteiger partial charge in [0, 0.05) is 49.7 Å². The predicted octanol–water partition coefficient (Wildman–Crippen LogP) is 3.63.